The molecule has 5 heteroatoms. The van der Waals surface area contributed by atoms with Crippen LogP contribution in [0.15, 0.2) is 0 Å². The predicted octanol–water partition coefficient (Wildman–Crippen LogP) is -0.984. The molecule has 0 fully saturated rings. The zero-order valence-corrected chi connectivity index (χ0v) is 6.77. The molecule has 0 saturated heterocycles. The third-order valence-electron chi connectivity index (χ3n) is 0.837. The second-order valence-electron chi connectivity index (χ2n) is 1.81. The van der Waals surface area contributed by atoms with Crippen molar-refractivity contribution in [1.29, 1.82) is 0 Å². The summed E-state index contributed by atoms with van der Waals surface area (Å²) in [6.45, 7) is 0.0283. The van der Waals surface area contributed by atoms with Gasteiger partial charge in [0.25, 0.3) is 10.2 Å². The fraction of sp³-hybridized carbons (Fsp3) is 0.600. The maximum absolute atomic E-state index is 10.8. The van der Waals surface area contributed by atoms with Crippen LogP contribution in [-0.2, 0) is 10.2 Å². The molecular weight excluding hydrogens is 152 g/mol. The zero-order valence-electron chi connectivity index (χ0n) is 5.96. The molecule has 4 nitrogen and oxygen atoms in total. The van der Waals surface area contributed by atoms with E-state index >= 15 is 0 Å². The Morgan fingerprint density at radius 1 is 1.60 bits per heavy atom. The average molecular weight is 162 g/mol. The second-order valence-corrected chi connectivity index (χ2v) is 3.78. The Morgan fingerprint density at radius 3 is 2.40 bits per heavy atom. The van der Waals surface area contributed by atoms with Crippen molar-refractivity contribution in [3.63, 3.8) is 0 Å². The molecule has 58 valence electrons. The summed E-state index contributed by atoms with van der Waals surface area (Å²) in [6.07, 6.45) is 4.84. The highest BCUT2D eigenvalue weighted by molar-refractivity contribution is 7.87. The SMILES string of the molecule is C#CCNS(=O)(=O)N(C)C. The van der Waals surface area contributed by atoms with Crippen LogP contribution in [0.4, 0.5) is 0 Å². The van der Waals surface area contributed by atoms with Gasteiger partial charge in [0.2, 0.25) is 0 Å². The molecule has 0 bridgehead atoms. The number of terminal acetylenes is 1. The molecule has 0 aromatic carbocycles. The van der Waals surface area contributed by atoms with Crippen molar-refractivity contribution >= 4 is 10.2 Å². The van der Waals surface area contributed by atoms with Crippen LogP contribution < -0.4 is 4.72 Å². The van der Waals surface area contributed by atoms with E-state index < -0.39 is 10.2 Å². The average Bonchev–Trinajstić information content (AvgIpc) is 1.84. The van der Waals surface area contributed by atoms with E-state index in [1.54, 1.807) is 0 Å². The van der Waals surface area contributed by atoms with E-state index in [1.165, 1.54) is 14.1 Å². The zero-order chi connectivity index (χ0) is 8.20. The van der Waals surface area contributed by atoms with Gasteiger partial charge in [-0.2, -0.15) is 17.4 Å². The number of nitrogens with one attached hydrogen (secondary N) is 1. The van der Waals surface area contributed by atoms with Gasteiger partial charge in [0.15, 0.2) is 0 Å². The fourth-order valence-corrected chi connectivity index (χ4v) is 0.786. The highest BCUT2D eigenvalue weighted by atomic mass is 32.2. The van der Waals surface area contributed by atoms with E-state index in [9.17, 15) is 8.42 Å². The van der Waals surface area contributed by atoms with Gasteiger partial charge in [0.1, 0.15) is 0 Å². The van der Waals surface area contributed by atoms with E-state index in [0.717, 1.165) is 4.31 Å². The van der Waals surface area contributed by atoms with Crippen molar-refractivity contribution in [3.05, 3.63) is 0 Å². The van der Waals surface area contributed by atoms with Gasteiger partial charge in [-0.15, -0.1) is 6.42 Å². The van der Waals surface area contributed by atoms with Crippen LogP contribution in [0.25, 0.3) is 0 Å². The number of rotatable bonds is 3. The molecule has 0 heterocycles. The molecule has 0 spiro atoms. The highest BCUT2D eigenvalue weighted by Gasteiger charge is 2.09. The van der Waals surface area contributed by atoms with Gasteiger partial charge in [-0.1, -0.05) is 5.92 Å². The fourth-order valence-electron chi connectivity index (χ4n) is 0.262. The molecule has 0 radical (unpaired) electrons. The summed E-state index contributed by atoms with van der Waals surface area (Å²) in [5, 5.41) is 0. The molecule has 0 atom stereocenters. The number of nitrogens with zero attached hydrogens (tertiary/aromatic N) is 1. The van der Waals surface area contributed by atoms with Crippen molar-refractivity contribution in [2.24, 2.45) is 0 Å². The van der Waals surface area contributed by atoms with Gasteiger partial charge in [-0.3, -0.25) is 0 Å². The summed E-state index contributed by atoms with van der Waals surface area (Å²) in [7, 11) is -0.461. The smallest absolute Gasteiger partial charge is 0.195 e. The molecule has 0 unspecified atom stereocenters. The number of hydrogen-bond acceptors (Lipinski definition) is 2. The van der Waals surface area contributed by atoms with Crippen LogP contribution in [0.1, 0.15) is 0 Å². The molecule has 1 N–H and O–H groups in total. The summed E-state index contributed by atoms with van der Waals surface area (Å²) in [6, 6.07) is 0. The van der Waals surface area contributed by atoms with Crippen molar-refractivity contribution in [3.8, 4) is 12.3 Å². The lowest BCUT2D eigenvalue weighted by Crippen LogP contribution is -2.35. The predicted molar refractivity (Wildman–Crippen MR) is 39.4 cm³/mol. The lowest BCUT2D eigenvalue weighted by atomic mass is 10.7. The van der Waals surface area contributed by atoms with Crippen LogP contribution in [0, 0.1) is 12.3 Å². The first-order valence-corrected chi connectivity index (χ1v) is 4.05. The topological polar surface area (TPSA) is 49.4 Å². The minimum atomic E-state index is -3.32. The van der Waals surface area contributed by atoms with Gasteiger partial charge >= 0.3 is 0 Å². The maximum Gasteiger partial charge on any atom is 0.279 e. The van der Waals surface area contributed by atoms with Gasteiger partial charge in [0, 0.05) is 14.1 Å². The third-order valence-corrected chi connectivity index (χ3v) is 2.31. The van der Waals surface area contributed by atoms with Crippen molar-refractivity contribution < 1.29 is 8.42 Å². The van der Waals surface area contributed by atoms with Crippen LogP contribution in [0.3, 0.4) is 0 Å². The summed E-state index contributed by atoms with van der Waals surface area (Å²) >= 11 is 0. The third kappa shape index (κ3) is 2.82. The van der Waals surface area contributed by atoms with Gasteiger partial charge < -0.3 is 0 Å². The summed E-state index contributed by atoms with van der Waals surface area (Å²) in [4.78, 5) is 0. The Labute approximate surface area is 61.4 Å². The first-order chi connectivity index (χ1) is 4.50. The van der Waals surface area contributed by atoms with Crippen LogP contribution in [0.2, 0.25) is 0 Å². The Morgan fingerprint density at radius 2 is 2.10 bits per heavy atom. The van der Waals surface area contributed by atoms with Crippen molar-refractivity contribution in [2.45, 2.75) is 0 Å². The Bertz CT molecular complexity index is 225. The first kappa shape index (κ1) is 9.43. The molecule has 0 saturated carbocycles. The molecule has 0 aliphatic rings. The van der Waals surface area contributed by atoms with E-state index in [0.29, 0.717) is 0 Å². The normalized spacial score (nSPS) is 11.4. The maximum atomic E-state index is 10.8. The summed E-state index contributed by atoms with van der Waals surface area (Å²) in [5.74, 6) is 2.16. The molecule has 0 aliphatic heterocycles. The molecule has 10 heavy (non-hydrogen) atoms. The minimum absolute atomic E-state index is 0.0283. The van der Waals surface area contributed by atoms with E-state index in [2.05, 4.69) is 10.6 Å². The largest absolute Gasteiger partial charge is 0.279 e. The van der Waals surface area contributed by atoms with Gasteiger partial charge in [-0.05, 0) is 0 Å². The molecule has 0 rings (SSSR count). The van der Waals surface area contributed by atoms with Crippen LogP contribution in [-0.4, -0.2) is 33.4 Å². The second kappa shape index (κ2) is 3.56. The van der Waals surface area contributed by atoms with E-state index in [4.69, 9.17) is 6.42 Å². The Hall–Kier alpha value is -0.570. The molecule has 0 aliphatic carbocycles. The van der Waals surface area contributed by atoms with Crippen molar-refractivity contribution in [1.82, 2.24) is 9.03 Å². The van der Waals surface area contributed by atoms with E-state index in [-0.39, 0.29) is 6.54 Å². The summed E-state index contributed by atoms with van der Waals surface area (Å²) in [5.41, 5.74) is 0. The highest BCUT2D eigenvalue weighted by Crippen LogP contribution is 1.85. The molecule has 0 amide bonds. The monoisotopic (exact) mass is 162 g/mol. The van der Waals surface area contributed by atoms with E-state index in [1.807, 2.05) is 0 Å². The molecular formula is C5H10N2O2S. The first-order valence-electron chi connectivity index (χ1n) is 2.61. The molecule has 0 aromatic heterocycles. The standard InChI is InChI=1S/C5H10N2O2S/c1-4-5-6-10(8,9)7(2)3/h1,6H,5H2,2-3H3. The minimum Gasteiger partial charge on any atom is -0.195 e. The van der Waals surface area contributed by atoms with Crippen LogP contribution in [0.5, 0.6) is 0 Å². The quantitative estimate of drug-likeness (QED) is 0.542. The lowest BCUT2D eigenvalue weighted by molar-refractivity contribution is 0.509. The van der Waals surface area contributed by atoms with Crippen molar-refractivity contribution in [2.75, 3.05) is 20.6 Å². The summed E-state index contributed by atoms with van der Waals surface area (Å²) < 4.78 is 24.8. The Kier molecular flexibility index (Phi) is 3.36. The lowest BCUT2D eigenvalue weighted by Gasteiger charge is -2.09. The van der Waals surface area contributed by atoms with Gasteiger partial charge in [0.05, 0.1) is 6.54 Å². The Balaban J connectivity index is 4.06. The van der Waals surface area contributed by atoms with Gasteiger partial charge in [-0.25, -0.2) is 0 Å². The number of hydrogen-bond donors (Lipinski definition) is 1. The molecule has 0 aromatic rings. The van der Waals surface area contributed by atoms with Crippen LogP contribution >= 0.6 is 0 Å².